The minimum atomic E-state index is -0.277. The SMILES string of the molecule is CC(C)N1CC(C(=O)Nc2ccc3ccn(CCN(C)C)c3c2)CC1=O. The van der Waals surface area contributed by atoms with E-state index in [9.17, 15) is 9.59 Å². The fourth-order valence-corrected chi connectivity index (χ4v) is 3.41. The van der Waals surface area contributed by atoms with E-state index in [4.69, 9.17) is 0 Å². The minimum Gasteiger partial charge on any atom is -0.346 e. The second kappa shape index (κ2) is 7.50. The van der Waals surface area contributed by atoms with E-state index in [0.717, 1.165) is 29.7 Å². The van der Waals surface area contributed by atoms with Crippen molar-refractivity contribution in [2.75, 3.05) is 32.5 Å². The van der Waals surface area contributed by atoms with Crippen LogP contribution in [0.2, 0.25) is 0 Å². The molecule has 2 heterocycles. The molecule has 6 heteroatoms. The third kappa shape index (κ3) is 3.90. The maximum Gasteiger partial charge on any atom is 0.229 e. The van der Waals surface area contributed by atoms with Crippen LogP contribution in [0, 0.1) is 5.92 Å². The summed E-state index contributed by atoms with van der Waals surface area (Å²) >= 11 is 0. The van der Waals surface area contributed by atoms with E-state index in [2.05, 4.69) is 41.1 Å². The summed E-state index contributed by atoms with van der Waals surface area (Å²) in [5, 5.41) is 4.15. The smallest absolute Gasteiger partial charge is 0.229 e. The molecular formula is C20H28N4O2. The number of benzene rings is 1. The molecule has 0 bridgehead atoms. The lowest BCUT2D eigenvalue weighted by Gasteiger charge is -2.20. The van der Waals surface area contributed by atoms with Crippen LogP contribution in [0.25, 0.3) is 10.9 Å². The molecule has 140 valence electrons. The van der Waals surface area contributed by atoms with Gasteiger partial charge in [-0.05, 0) is 51.5 Å². The molecule has 6 nitrogen and oxygen atoms in total. The van der Waals surface area contributed by atoms with Gasteiger partial charge < -0.3 is 19.7 Å². The van der Waals surface area contributed by atoms with Gasteiger partial charge in [0.2, 0.25) is 11.8 Å². The van der Waals surface area contributed by atoms with Gasteiger partial charge in [0.15, 0.2) is 0 Å². The van der Waals surface area contributed by atoms with E-state index in [0.29, 0.717) is 13.0 Å². The number of likely N-dealkylation sites (tertiary alicyclic amines) is 1. The van der Waals surface area contributed by atoms with Gasteiger partial charge in [0.1, 0.15) is 0 Å². The molecule has 2 aromatic rings. The third-order valence-electron chi connectivity index (χ3n) is 4.98. The van der Waals surface area contributed by atoms with Crippen LogP contribution >= 0.6 is 0 Å². The van der Waals surface area contributed by atoms with E-state index in [1.807, 2.05) is 32.0 Å². The second-order valence-corrected chi connectivity index (χ2v) is 7.62. The lowest BCUT2D eigenvalue weighted by atomic mass is 10.1. The summed E-state index contributed by atoms with van der Waals surface area (Å²) in [6, 6.07) is 8.19. The zero-order valence-electron chi connectivity index (χ0n) is 16.0. The fourth-order valence-electron chi connectivity index (χ4n) is 3.41. The van der Waals surface area contributed by atoms with Gasteiger partial charge in [0.05, 0.1) is 11.4 Å². The number of carbonyl (C=O) groups is 2. The third-order valence-corrected chi connectivity index (χ3v) is 4.98. The summed E-state index contributed by atoms with van der Waals surface area (Å²) < 4.78 is 2.20. The maximum atomic E-state index is 12.6. The first-order valence-electron chi connectivity index (χ1n) is 9.19. The summed E-state index contributed by atoms with van der Waals surface area (Å²) in [7, 11) is 4.11. The maximum absolute atomic E-state index is 12.6. The molecule has 2 amide bonds. The van der Waals surface area contributed by atoms with Crippen molar-refractivity contribution in [3.05, 3.63) is 30.5 Å². The lowest BCUT2D eigenvalue weighted by molar-refractivity contribution is -0.129. The van der Waals surface area contributed by atoms with Crippen LogP contribution < -0.4 is 5.32 Å². The summed E-state index contributed by atoms with van der Waals surface area (Å²) in [6.45, 7) is 6.32. The number of aromatic nitrogens is 1. The number of nitrogens with one attached hydrogen (secondary N) is 1. The zero-order valence-corrected chi connectivity index (χ0v) is 16.0. The summed E-state index contributed by atoms with van der Waals surface area (Å²) in [6.07, 6.45) is 2.38. The molecule has 1 atom stereocenters. The summed E-state index contributed by atoms with van der Waals surface area (Å²) in [5.41, 5.74) is 1.89. The van der Waals surface area contributed by atoms with E-state index >= 15 is 0 Å². The average Bonchev–Trinajstić information content (AvgIpc) is 3.16. The van der Waals surface area contributed by atoms with Crippen LogP contribution in [0.4, 0.5) is 5.69 Å². The molecule has 0 aliphatic carbocycles. The number of nitrogens with zero attached hydrogens (tertiary/aromatic N) is 3. The molecule has 0 saturated carbocycles. The highest BCUT2D eigenvalue weighted by molar-refractivity contribution is 5.98. The van der Waals surface area contributed by atoms with E-state index in [1.54, 1.807) is 4.90 Å². The van der Waals surface area contributed by atoms with Gasteiger partial charge >= 0.3 is 0 Å². The van der Waals surface area contributed by atoms with Crippen molar-refractivity contribution in [1.82, 2.24) is 14.4 Å². The van der Waals surface area contributed by atoms with Crippen molar-refractivity contribution in [2.24, 2.45) is 5.92 Å². The van der Waals surface area contributed by atoms with E-state index < -0.39 is 0 Å². The van der Waals surface area contributed by atoms with Crippen molar-refractivity contribution in [1.29, 1.82) is 0 Å². The molecule has 26 heavy (non-hydrogen) atoms. The number of rotatable bonds is 6. The molecule has 3 rings (SSSR count). The highest BCUT2D eigenvalue weighted by Gasteiger charge is 2.35. The van der Waals surface area contributed by atoms with Gasteiger partial charge in [-0.2, -0.15) is 0 Å². The number of carbonyl (C=O) groups excluding carboxylic acids is 2. The van der Waals surface area contributed by atoms with Gasteiger partial charge in [0, 0.05) is 44.0 Å². The van der Waals surface area contributed by atoms with Gasteiger partial charge in [-0.25, -0.2) is 0 Å². The van der Waals surface area contributed by atoms with Crippen LogP contribution in [-0.4, -0.2) is 59.4 Å². The van der Waals surface area contributed by atoms with Crippen LogP contribution in [0.15, 0.2) is 30.5 Å². The number of hydrogen-bond acceptors (Lipinski definition) is 3. The Morgan fingerprint density at radius 3 is 2.73 bits per heavy atom. The highest BCUT2D eigenvalue weighted by atomic mass is 16.2. The summed E-state index contributed by atoms with van der Waals surface area (Å²) in [4.78, 5) is 28.6. The quantitative estimate of drug-likeness (QED) is 0.865. The number of amides is 2. The molecule has 1 aliphatic rings. The first kappa shape index (κ1) is 18.5. The van der Waals surface area contributed by atoms with Gasteiger partial charge in [0.25, 0.3) is 0 Å². The van der Waals surface area contributed by atoms with Gasteiger partial charge in [-0.3, -0.25) is 9.59 Å². The Balaban J connectivity index is 1.71. The Labute approximate surface area is 154 Å². The first-order chi connectivity index (χ1) is 12.3. The normalized spacial score (nSPS) is 17.7. The predicted molar refractivity (Wildman–Crippen MR) is 104 cm³/mol. The Morgan fingerprint density at radius 1 is 1.31 bits per heavy atom. The topological polar surface area (TPSA) is 57.6 Å². The molecule has 1 N–H and O–H groups in total. The lowest BCUT2D eigenvalue weighted by Crippen LogP contribution is -2.33. The minimum absolute atomic E-state index is 0.0631. The molecule has 1 unspecified atom stereocenters. The second-order valence-electron chi connectivity index (χ2n) is 7.62. The average molecular weight is 356 g/mol. The van der Waals surface area contributed by atoms with Crippen LogP contribution in [-0.2, 0) is 16.1 Å². The molecule has 0 spiro atoms. The molecule has 1 fully saturated rings. The van der Waals surface area contributed by atoms with Crippen molar-refractivity contribution in [3.63, 3.8) is 0 Å². The van der Waals surface area contributed by atoms with Gasteiger partial charge in [-0.1, -0.05) is 6.07 Å². The van der Waals surface area contributed by atoms with Crippen LogP contribution in [0.3, 0.4) is 0 Å². The Bertz CT molecular complexity index is 809. The molecule has 0 radical (unpaired) electrons. The van der Waals surface area contributed by atoms with Crippen molar-refractivity contribution < 1.29 is 9.59 Å². The standard InChI is InChI=1S/C20H28N4O2/c1-14(2)24-13-16(11-19(24)25)20(26)21-17-6-5-15-7-8-23(18(15)12-17)10-9-22(3)4/h5-8,12,14,16H,9-11,13H2,1-4H3,(H,21,26). The Kier molecular flexibility index (Phi) is 5.32. The number of fused-ring (bicyclic) bond motifs is 1. The van der Waals surface area contributed by atoms with Crippen LogP contribution in [0.5, 0.6) is 0 Å². The monoisotopic (exact) mass is 356 g/mol. The highest BCUT2D eigenvalue weighted by Crippen LogP contribution is 2.24. The zero-order chi connectivity index (χ0) is 18.8. The largest absolute Gasteiger partial charge is 0.346 e. The molecule has 1 saturated heterocycles. The number of likely N-dealkylation sites (N-methyl/N-ethyl adjacent to an activating group) is 1. The molecule has 1 aromatic heterocycles. The Hall–Kier alpha value is -2.34. The number of anilines is 1. The fraction of sp³-hybridized carbons (Fsp3) is 0.500. The number of hydrogen-bond donors (Lipinski definition) is 1. The first-order valence-corrected chi connectivity index (χ1v) is 9.19. The van der Waals surface area contributed by atoms with Crippen LogP contribution in [0.1, 0.15) is 20.3 Å². The summed E-state index contributed by atoms with van der Waals surface area (Å²) in [5.74, 6) is -0.290. The molecule has 1 aromatic carbocycles. The predicted octanol–water partition coefficient (Wildman–Crippen LogP) is 2.40. The van der Waals surface area contributed by atoms with Crippen molar-refractivity contribution >= 4 is 28.4 Å². The molecule has 1 aliphatic heterocycles. The van der Waals surface area contributed by atoms with Crippen molar-refractivity contribution in [3.8, 4) is 0 Å². The Morgan fingerprint density at radius 2 is 2.08 bits per heavy atom. The van der Waals surface area contributed by atoms with Crippen molar-refractivity contribution in [2.45, 2.75) is 32.9 Å². The van der Waals surface area contributed by atoms with E-state index in [1.165, 1.54) is 0 Å². The van der Waals surface area contributed by atoms with Gasteiger partial charge in [-0.15, -0.1) is 0 Å². The van der Waals surface area contributed by atoms with E-state index in [-0.39, 0.29) is 23.8 Å². The molecular weight excluding hydrogens is 328 g/mol.